The molecule has 0 saturated carbocycles. The number of hydrogen-bond acceptors (Lipinski definition) is 3. The molecule has 1 aromatic rings. The number of hydrogen-bond donors (Lipinski definition) is 3. The summed E-state index contributed by atoms with van der Waals surface area (Å²) in [5, 5.41) is 14.0. The Bertz CT molecular complexity index is 420. The lowest BCUT2D eigenvalue weighted by molar-refractivity contribution is -0.115. The van der Waals surface area contributed by atoms with Gasteiger partial charge >= 0.3 is 0 Å². The van der Waals surface area contributed by atoms with Gasteiger partial charge in [-0.1, -0.05) is 13.0 Å². The second-order valence-corrected chi connectivity index (χ2v) is 4.47. The minimum atomic E-state index is -0.815. The van der Waals surface area contributed by atoms with Crippen LogP contribution in [-0.4, -0.2) is 30.2 Å². The molecule has 1 aromatic carbocycles. The number of anilines is 1. The highest BCUT2D eigenvalue weighted by atomic mass is 19.1. The van der Waals surface area contributed by atoms with Gasteiger partial charge in [-0.3, -0.25) is 4.79 Å². The largest absolute Gasteiger partial charge is 0.396 e. The zero-order valence-electron chi connectivity index (χ0n) is 10.9. The molecule has 19 heavy (non-hydrogen) atoms. The number of amides is 1. The van der Waals surface area contributed by atoms with E-state index < -0.39 is 23.2 Å². The van der Waals surface area contributed by atoms with Crippen LogP contribution in [-0.2, 0) is 4.79 Å². The van der Waals surface area contributed by atoms with Crippen LogP contribution in [0.2, 0.25) is 0 Å². The van der Waals surface area contributed by atoms with E-state index in [-0.39, 0.29) is 25.1 Å². The van der Waals surface area contributed by atoms with E-state index in [9.17, 15) is 13.6 Å². The van der Waals surface area contributed by atoms with Gasteiger partial charge in [-0.05, 0) is 25.0 Å². The predicted molar refractivity (Wildman–Crippen MR) is 68.7 cm³/mol. The Morgan fingerprint density at radius 3 is 2.42 bits per heavy atom. The summed E-state index contributed by atoms with van der Waals surface area (Å²) in [4.78, 5) is 11.6. The van der Waals surface area contributed by atoms with Crippen LogP contribution < -0.4 is 10.6 Å². The van der Waals surface area contributed by atoms with Crippen LogP contribution in [0.25, 0.3) is 0 Å². The molecule has 0 bridgehead atoms. The highest BCUT2D eigenvalue weighted by Gasteiger charge is 2.14. The van der Waals surface area contributed by atoms with Crippen molar-refractivity contribution < 1.29 is 18.7 Å². The van der Waals surface area contributed by atoms with Crippen molar-refractivity contribution in [2.45, 2.75) is 19.9 Å². The van der Waals surface area contributed by atoms with E-state index in [4.69, 9.17) is 5.11 Å². The Morgan fingerprint density at radius 2 is 1.89 bits per heavy atom. The summed E-state index contributed by atoms with van der Waals surface area (Å²) in [7, 11) is 0. The van der Waals surface area contributed by atoms with E-state index in [0.29, 0.717) is 0 Å². The Balaban J connectivity index is 2.52. The topological polar surface area (TPSA) is 61.4 Å². The van der Waals surface area contributed by atoms with Gasteiger partial charge in [0.2, 0.25) is 5.91 Å². The molecule has 2 unspecified atom stereocenters. The zero-order chi connectivity index (χ0) is 14.4. The minimum Gasteiger partial charge on any atom is -0.396 e. The third-order valence-electron chi connectivity index (χ3n) is 2.95. The zero-order valence-corrected chi connectivity index (χ0v) is 10.9. The van der Waals surface area contributed by atoms with Crippen LogP contribution in [0.15, 0.2) is 18.2 Å². The lowest BCUT2D eigenvalue weighted by Crippen LogP contribution is -2.39. The van der Waals surface area contributed by atoms with Crippen LogP contribution in [0.1, 0.15) is 13.8 Å². The van der Waals surface area contributed by atoms with Gasteiger partial charge in [-0.2, -0.15) is 0 Å². The molecule has 2 atom stereocenters. The van der Waals surface area contributed by atoms with Gasteiger partial charge in [0, 0.05) is 12.6 Å². The molecule has 106 valence electrons. The third-order valence-corrected chi connectivity index (χ3v) is 2.95. The molecule has 1 rings (SSSR count). The number of carbonyl (C=O) groups is 1. The molecule has 0 heterocycles. The van der Waals surface area contributed by atoms with Gasteiger partial charge in [0.05, 0.1) is 6.54 Å². The van der Waals surface area contributed by atoms with Gasteiger partial charge in [0.15, 0.2) is 0 Å². The fourth-order valence-corrected chi connectivity index (χ4v) is 1.41. The molecule has 0 spiro atoms. The number of rotatable bonds is 6. The number of aliphatic hydroxyl groups is 1. The second-order valence-electron chi connectivity index (χ2n) is 4.47. The first-order chi connectivity index (χ1) is 8.95. The first-order valence-electron chi connectivity index (χ1n) is 6.03. The molecule has 3 N–H and O–H groups in total. The van der Waals surface area contributed by atoms with Crippen molar-refractivity contribution >= 4 is 11.6 Å². The molecule has 0 saturated heterocycles. The Labute approximate surface area is 110 Å². The molecule has 6 heteroatoms. The van der Waals surface area contributed by atoms with Crippen molar-refractivity contribution in [3.63, 3.8) is 0 Å². The lowest BCUT2D eigenvalue weighted by atomic mass is 10.1. The van der Waals surface area contributed by atoms with Crippen LogP contribution in [0.5, 0.6) is 0 Å². The molecule has 4 nitrogen and oxygen atoms in total. The highest BCUT2D eigenvalue weighted by Crippen LogP contribution is 2.17. The number of carbonyl (C=O) groups excluding carboxylic acids is 1. The molecular weight excluding hydrogens is 254 g/mol. The Morgan fingerprint density at radius 1 is 1.32 bits per heavy atom. The summed E-state index contributed by atoms with van der Waals surface area (Å²) in [6, 6.07) is 3.29. The van der Waals surface area contributed by atoms with Gasteiger partial charge in [0.25, 0.3) is 0 Å². The number of nitrogens with one attached hydrogen (secondary N) is 2. The SMILES string of the molecule is CC(CO)C(C)NCC(=O)Nc1c(F)cccc1F. The van der Waals surface area contributed by atoms with E-state index >= 15 is 0 Å². The quantitative estimate of drug-likeness (QED) is 0.735. The summed E-state index contributed by atoms with van der Waals surface area (Å²) in [6.45, 7) is 3.56. The molecule has 0 fully saturated rings. The smallest absolute Gasteiger partial charge is 0.238 e. The monoisotopic (exact) mass is 272 g/mol. The number of aliphatic hydroxyl groups excluding tert-OH is 1. The maximum atomic E-state index is 13.3. The number of halogens is 2. The molecule has 1 amide bonds. The van der Waals surface area contributed by atoms with E-state index in [1.165, 1.54) is 6.07 Å². The average molecular weight is 272 g/mol. The van der Waals surface area contributed by atoms with Gasteiger partial charge in [0.1, 0.15) is 17.3 Å². The molecule has 0 aromatic heterocycles. The minimum absolute atomic E-state index is 0.00225. The van der Waals surface area contributed by atoms with Crippen molar-refractivity contribution in [2.24, 2.45) is 5.92 Å². The van der Waals surface area contributed by atoms with Gasteiger partial charge in [-0.25, -0.2) is 8.78 Å². The maximum Gasteiger partial charge on any atom is 0.238 e. The first-order valence-corrected chi connectivity index (χ1v) is 6.03. The van der Waals surface area contributed by atoms with Crippen LogP contribution in [0.3, 0.4) is 0 Å². The number of benzene rings is 1. The average Bonchev–Trinajstić information content (AvgIpc) is 2.39. The van der Waals surface area contributed by atoms with Crippen LogP contribution in [0, 0.1) is 17.6 Å². The highest BCUT2D eigenvalue weighted by molar-refractivity contribution is 5.92. The Hall–Kier alpha value is -1.53. The van der Waals surface area contributed by atoms with Crippen molar-refractivity contribution in [1.29, 1.82) is 0 Å². The van der Waals surface area contributed by atoms with Gasteiger partial charge in [-0.15, -0.1) is 0 Å². The van der Waals surface area contributed by atoms with Crippen molar-refractivity contribution in [1.82, 2.24) is 5.32 Å². The van der Waals surface area contributed by atoms with Crippen molar-refractivity contribution in [2.75, 3.05) is 18.5 Å². The summed E-state index contributed by atoms with van der Waals surface area (Å²) in [6.07, 6.45) is 0. The van der Waals surface area contributed by atoms with E-state index in [2.05, 4.69) is 10.6 Å². The van der Waals surface area contributed by atoms with E-state index in [1.807, 2.05) is 13.8 Å². The summed E-state index contributed by atoms with van der Waals surface area (Å²) >= 11 is 0. The molecular formula is C13H18F2N2O2. The normalized spacial score (nSPS) is 13.9. The first kappa shape index (κ1) is 15.5. The van der Waals surface area contributed by atoms with Crippen molar-refractivity contribution in [3.8, 4) is 0 Å². The molecule has 0 aliphatic heterocycles. The van der Waals surface area contributed by atoms with Gasteiger partial charge < -0.3 is 15.7 Å². The van der Waals surface area contributed by atoms with Crippen LogP contribution >= 0.6 is 0 Å². The fraction of sp³-hybridized carbons (Fsp3) is 0.462. The summed E-state index contributed by atoms with van der Waals surface area (Å²) < 4.78 is 26.6. The van der Waals surface area contributed by atoms with Crippen LogP contribution in [0.4, 0.5) is 14.5 Å². The fourth-order valence-electron chi connectivity index (χ4n) is 1.41. The predicted octanol–water partition coefficient (Wildman–Crippen LogP) is 1.51. The Kier molecular flexibility index (Phi) is 5.85. The lowest BCUT2D eigenvalue weighted by Gasteiger charge is -2.19. The van der Waals surface area contributed by atoms with Crippen molar-refractivity contribution in [3.05, 3.63) is 29.8 Å². The third kappa shape index (κ3) is 4.57. The van der Waals surface area contributed by atoms with E-state index in [0.717, 1.165) is 12.1 Å². The number of para-hydroxylation sites is 1. The molecule has 0 aliphatic rings. The summed E-state index contributed by atoms with van der Waals surface area (Å²) in [5.41, 5.74) is -0.447. The van der Waals surface area contributed by atoms with E-state index in [1.54, 1.807) is 0 Å². The second kappa shape index (κ2) is 7.16. The molecule has 0 radical (unpaired) electrons. The maximum absolute atomic E-state index is 13.3. The summed E-state index contributed by atoms with van der Waals surface area (Å²) in [5.74, 6) is -2.19. The standard InChI is InChI=1S/C13H18F2N2O2/c1-8(7-18)9(2)16-6-12(19)17-13-10(14)4-3-5-11(13)15/h3-5,8-9,16,18H,6-7H2,1-2H3,(H,17,19). The molecule has 0 aliphatic carbocycles.